The summed E-state index contributed by atoms with van der Waals surface area (Å²) in [6.07, 6.45) is 1.17. The number of fused-ring (bicyclic) bond motifs is 1. The zero-order valence-corrected chi connectivity index (χ0v) is 21.6. The molecule has 36 heavy (non-hydrogen) atoms. The first kappa shape index (κ1) is 25.6. The second-order valence-electron chi connectivity index (χ2n) is 9.11. The Morgan fingerprint density at radius 3 is 2.44 bits per heavy atom. The maximum atomic E-state index is 13.4. The van der Waals surface area contributed by atoms with Gasteiger partial charge in [-0.25, -0.2) is 8.42 Å². The lowest BCUT2D eigenvalue weighted by Crippen LogP contribution is -2.45. The molecule has 0 spiro atoms. The third-order valence-electron chi connectivity index (χ3n) is 6.40. The molecule has 0 aromatic heterocycles. The van der Waals surface area contributed by atoms with Crippen LogP contribution in [0.5, 0.6) is 0 Å². The van der Waals surface area contributed by atoms with Crippen LogP contribution in [0.4, 0.5) is 11.4 Å². The lowest BCUT2D eigenvalue weighted by atomic mass is 10.1. The van der Waals surface area contributed by atoms with Crippen LogP contribution in [0.1, 0.15) is 35.6 Å². The number of hydrogen-bond donors (Lipinski definition) is 2. The quantitative estimate of drug-likeness (QED) is 0.481. The van der Waals surface area contributed by atoms with E-state index in [1.807, 2.05) is 62.4 Å². The predicted octanol–water partition coefficient (Wildman–Crippen LogP) is 4.13. The van der Waals surface area contributed by atoms with Gasteiger partial charge in [0.25, 0.3) is 0 Å². The minimum atomic E-state index is -4.01. The molecule has 8 heteroatoms. The highest BCUT2D eigenvalue weighted by Gasteiger charge is 2.29. The van der Waals surface area contributed by atoms with E-state index < -0.39 is 22.0 Å². The smallest absolute Gasteiger partial charge is 0.242 e. The molecule has 0 fully saturated rings. The lowest BCUT2D eigenvalue weighted by Gasteiger charge is -2.20. The standard InChI is InChI=1S/C28H31N3O4S/c1-4-27(32)31-15-14-22-18-23(11-13-26(22)31)36(34,35)30-25(17-21-8-6-5-7-9-21)28(33)29-24-12-10-19(2)16-20(24)3/h5-13,16,18,25,30H,4,14-15,17H2,1-3H3,(H,29,33). The Labute approximate surface area is 212 Å². The second kappa shape index (κ2) is 10.6. The fourth-order valence-corrected chi connectivity index (χ4v) is 5.71. The average Bonchev–Trinajstić information content (AvgIpc) is 3.29. The van der Waals surface area contributed by atoms with Crippen LogP contribution in [0.3, 0.4) is 0 Å². The predicted molar refractivity (Wildman–Crippen MR) is 142 cm³/mol. The van der Waals surface area contributed by atoms with Gasteiger partial charge in [0.05, 0.1) is 4.90 Å². The minimum absolute atomic E-state index is 0.00785. The Bertz CT molecular complexity index is 1390. The van der Waals surface area contributed by atoms with Crippen molar-refractivity contribution < 1.29 is 18.0 Å². The van der Waals surface area contributed by atoms with E-state index in [9.17, 15) is 18.0 Å². The Hall–Kier alpha value is -3.49. The van der Waals surface area contributed by atoms with E-state index in [1.165, 1.54) is 6.07 Å². The highest BCUT2D eigenvalue weighted by Crippen LogP contribution is 2.31. The van der Waals surface area contributed by atoms with Gasteiger partial charge in [0.15, 0.2) is 0 Å². The molecule has 4 rings (SSSR count). The molecule has 0 saturated heterocycles. The van der Waals surface area contributed by atoms with Crippen molar-refractivity contribution in [3.8, 4) is 0 Å². The molecular formula is C28H31N3O4S. The van der Waals surface area contributed by atoms with Gasteiger partial charge in [-0.1, -0.05) is 55.0 Å². The zero-order chi connectivity index (χ0) is 25.9. The van der Waals surface area contributed by atoms with Crippen LogP contribution < -0.4 is 14.9 Å². The van der Waals surface area contributed by atoms with Gasteiger partial charge in [-0.2, -0.15) is 4.72 Å². The number of carbonyl (C=O) groups is 2. The topological polar surface area (TPSA) is 95.6 Å². The van der Waals surface area contributed by atoms with Crippen LogP contribution in [-0.2, 0) is 32.5 Å². The van der Waals surface area contributed by atoms with E-state index >= 15 is 0 Å². The highest BCUT2D eigenvalue weighted by atomic mass is 32.2. The Morgan fingerprint density at radius 2 is 1.75 bits per heavy atom. The van der Waals surface area contributed by atoms with Crippen LogP contribution in [0.2, 0.25) is 0 Å². The summed E-state index contributed by atoms with van der Waals surface area (Å²) in [6, 6.07) is 18.7. The van der Waals surface area contributed by atoms with Gasteiger partial charge in [-0.3, -0.25) is 9.59 Å². The number of nitrogens with zero attached hydrogens (tertiary/aromatic N) is 1. The summed E-state index contributed by atoms with van der Waals surface area (Å²) in [5, 5.41) is 2.89. The summed E-state index contributed by atoms with van der Waals surface area (Å²) in [7, 11) is -4.01. The molecule has 3 aromatic carbocycles. The Kier molecular flexibility index (Phi) is 7.56. The third kappa shape index (κ3) is 5.66. The normalized spacial score (nSPS) is 13.8. The maximum Gasteiger partial charge on any atom is 0.242 e. The molecule has 2 amide bonds. The van der Waals surface area contributed by atoms with Crippen molar-refractivity contribution in [2.45, 2.75) is 51.0 Å². The van der Waals surface area contributed by atoms with Crippen molar-refractivity contribution in [2.75, 3.05) is 16.8 Å². The van der Waals surface area contributed by atoms with Crippen LogP contribution in [0, 0.1) is 13.8 Å². The molecule has 0 aliphatic carbocycles. The first-order valence-corrected chi connectivity index (χ1v) is 13.5. The molecule has 3 aromatic rings. The number of anilines is 2. The second-order valence-corrected chi connectivity index (χ2v) is 10.8. The molecule has 1 unspecified atom stereocenters. The molecule has 7 nitrogen and oxygen atoms in total. The van der Waals surface area contributed by atoms with E-state index in [2.05, 4.69) is 10.0 Å². The molecule has 0 saturated carbocycles. The van der Waals surface area contributed by atoms with Crippen molar-refractivity contribution in [3.05, 3.63) is 89.0 Å². The van der Waals surface area contributed by atoms with Crippen LogP contribution >= 0.6 is 0 Å². The fraction of sp³-hybridized carbons (Fsp3) is 0.286. The van der Waals surface area contributed by atoms with Crippen molar-refractivity contribution in [1.82, 2.24) is 4.72 Å². The number of benzene rings is 3. The van der Waals surface area contributed by atoms with Crippen LogP contribution in [0.25, 0.3) is 0 Å². The van der Waals surface area contributed by atoms with E-state index in [1.54, 1.807) is 24.0 Å². The molecule has 1 aliphatic rings. The molecule has 2 N–H and O–H groups in total. The Morgan fingerprint density at radius 1 is 1.00 bits per heavy atom. The summed E-state index contributed by atoms with van der Waals surface area (Å²) < 4.78 is 29.4. The summed E-state index contributed by atoms with van der Waals surface area (Å²) in [5.74, 6) is -0.427. The monoisotopic (exact) mass is 505 g/mol. The first-order valence-electron chi connectivity index (χ1n) is 12.1. The van der Waals surface area contributed by atoms with Gasteiger partial charge in [-0.15, -0.1) is 0 Å². The highest BCUT2D eigenvalue weighted by molar-refractivity contribution is 7.89. The van der Waals surface area contributed by atoms with Gasteiger partial charge in [0.2, 0.25) is 21.8 Å². The van der Waals surface area contributed by atoms with Gasteiger partial charge >= 0.3 is 0 Å². The average molecular weight is 506 g/mol. The summed E-state index contributed by atoms with van der Waals surface area (Å²) in [6.45, 7) is 6.21. The summed E-state index contributed by atoms with van der Waals surface area (Å²) in [5.41, 5.74) is 5.00. The van der Waals surface area contributed by atoms with Crippen molar-refractivity contribution in [2.24, 2.45) is 0 Å². The van der Waals surface area contributed by atoms with Gasteiger partial charge in [-0.05, 0) is 67.6 Å². The van der Waals surface area contributed by atoms with E-state index in [0.717, 1.165) is 27.9 Å². The molecule has 0 bridgehead atoms. The van der Waals surface area contributed by atoms with E-state index in [0.29, 0.717) is 25.1 Å². The molecule has 1 aliphatic heterocycles. The minimum Gasteiger partial charge on any atom is -0.324 e. The maximum absolute atomic E-state index is 13.4. The summed E-state index contributed by atoms with van der Waals surface area (Å²) in [4.78, 5) is 27.3. The van der Waals surface area contributed by atoms with Crippen molar-refractivity contribution in [3.63, 3.8) is 0 Å². The number of aryl methyl sites for hydroxylation is 2. The van der Waals surface area contributed by atoms with E-state index in [-0.39, 0.29) is 17.2 Å². The lowest BCUT2D eigenvalue weighted by molar-refractivity contribution is -0.118. The van der Waals surface area contributed by atoms with Crippen LogP contribution in [-0.4, -0.2) is 32.8 Å². The number of sulfonamides is 1. The third-order valence-corrected chi connectivity index (χ3v) is 7.87. The molecular weight excluding hydrogens is 474 g/mol. The van der Waals surface area contributed by atoms with Gasteiger partial charge in [0.1, 0.15) is 6.04 Å². The number of rotatable bonds is 8. The van der Waals surface area contributed by atoms with Gasteiger partial charge < -0.3 is 10.2 Å². The van der Waals surface area contributed by atoms with Crippen molar-refractivity contribution in [1.29, 1.82) is 0 Å². The number of carbonyl (C=O) groups excluding carboxylic acids is 2. The molecule has 188 valence electrons. The largest absolute Gasteiger partial charge is 0.324 e. The zero-order valence-electron chi connectivity index (χ0n) is 20.7. The number of nitrogens with one attached hydrogen (secondary N) is 2. The molecule has 1 atom stereocenters. The SMILES string of the molecule is CCC(=O)N1CCc2cc(S(=O)(=O)NC(Cc3ccccc3)C(=O)Nc3ccc(C)cc3C)ccc21. The number of amides is 2. The Balaban J connectivity index is 1.60. The summed E-state index contributed by atoms with van der Waals surface area (Å²) >= 11 is 0. The van der Waals surface area contributed by atoms with Gasteiger partial charge in [0, 0.05) is 24.3 Å². The molecule has 1 heterocycles. The first-order chi connectivity index (χ1) is 17.2. The van der Waals surface area contributed by atoms with E-state index in [4.69, 9.17) is 0 Å². The fourth-order valence-electron chi connectivity index (χ4n) is 4.46. The molecule has 0 radical (unpaired) electrons. The number of hydrogen-bond acceptors (Lipinski definition) is 4. The van der Waals surface area contributed by atoms with Crippen molar-refractivity contribution >= 4 is 33.2 Å². The van der Waals surface area contributed by atoms with Crippen LogP contribution in [0.15, 0.2) is 71.6 Å².